The van der Waals surface area contributed by atoms with Gasteiger partial charge < -0.3 is 5.11 Å². The maximum absolute atomic E-state index is 13.3. The molecule has 0 aliphatic carbocycles. The Morgan fingerprint density at radius 1 is 1.19 bits per heavy atom. The van der Waals surface area contributed by atoms with Crippen LogP contribution in [0.1, 0.15) is 10.4 Å². The Kier molecular flexibility index (Phi) is 3.19. The highest BCUT2D eigenvalue weighted by atomic mass is 19.1. The fourth-order valence-electron chi connectivity index (χ4n) is 2.00. The molecule has 1 N–H and O–H groups in total. The molecule has 0 amide bonds. The average Bonchev–Trinajstić information content (AvgIpc) is 2.93. The number of aromatic carboxylic acids is 1. The van der Waals surface area contributed by atoms with E-state index in [0.717, 1.165) is 0 Å². The van der Waals surface area contributed by atoms with Crippen LogP contribution in [0.5, 0.6) is 0 Å². The summed E-state index contributed by atoms with van der Waals surface area (Å²) in [6.07, 6.45) is 4.48. The summed E-state index contributed by atoms with van der Waals surface area (Å²) in [4.78, 5) is 15.3. The quantitative estimate of drug-likeness (QED) is 0.802. The van der Waals surface area contributed by atoms with Gasteiger partial charge in [-0.05, 0) is 30.3 Å². The van der Waals surface area contributed by atoms with Crippen LogP contribution in [0.25, 0.3) is 16.9 Å². The zero-order chi connectivity index (χ0) is 14.8. The first-order valence-corrected chi connectivity index (χ1v) is 6.14. The Morgan fingerprint density at radius 3 is 2.62 bits per heavy atom. The van der Waals surface area contributed by atoms with Crippen LogP contribution in [0.15, 0.2) is 55.0 Å². The molecule has 0 saturated carbocycles. The fraction of sp³-hybridized carbons (Fsp3) is 0. The second-order valence-corrected chi connectivity index (χ2v) is 4.36. The van der Waals surface area contributed by atoms with E-state index in [4.69, 9.17) is 0 Å². The molecule has 0 saturated heterocycles. The van der Waals surface area contributed by atoms with Crippen molar-refractivity contribution in [3.63, 3.8) is 0 Å². The van der Waals surface area contributed by atoms with E-state index in [2.05, 4.69) is 10.1 Å². The summed E-state index contributed by atoms with van der Waals surface area (Å²) in [7, 11) is 0. The Hall–Kier alpha value is -3.02. The monoisotopic (exact) mass is 283 g/mol. The third kappa shape index (κ3) is 2.51. The Labute approximate surface area is 119 Å². The number of aromatic nitrogens is 3. The minimum Gasteiger partial charge on any atom is -0.478 e. The van der Waals surface area contributed by atoms with E-state index in [0.29, 0.717) is 16.9 Å². The van der Waals surface area contributed by atoms with Gasteiger partial charge in [-0.2, -0.15) is 5.10 Å². The van der Waals surface area contributed by atoms with Crippen molar-refractivity contribution in [1.29, 1.82) is 0 Å². The summed E-state index contributed by atoms with van der Waals surface area (Å²) >= 11 is 0. The molecule has 0 radical (unpaired) electrons. The molecule has 104 valence electrons. The van der Waals surface area contributed by atoms with Crippen LogP contribution in [-0.4, -0.2) is 25.8 Å². The zero-order valence-corrected chi connectivity index (χ0v) is 10.8. The van der Waals surface area contributed by atoms with Crippen LogP contribution in [0.2, 0.25) is 0 Å². The number of carboxylic acids is 1. The van der Waals surface area contributed by atoms with Crippen molar-refractivity contribution in [3.8, 4) is 16.9 Å². The van der Waals surface area contributed by atoms with Crippen molar-refractivity contribution < 1.29 is 14.3 Å². The fourth-order valence-corrected chi connectivity index (χ4v) is 2.00. The summed E-state index contributed by atoms with van der Waals surface area (Å²) in [5.74, 6) is -1.50. The maximum atomic E-state index is 13.3. The number of rotatable bonds is 3. The molecule has 6 heteroatoms. The number of hydrogen-bond donors (Lipinski definition) is 1. The molecule has 21 heavy (non-hydrogen) atoms. The Bertz CT molecular complexity index is 800. The van der Waals surface area contributed by atoms with Crippen LogP contribution < -0.4 is 0 Å². The molecular formula is C15H10FN3O2. The highest BCUT2D eigenvalue weighted by Crippen LogP contribution is 2.23. The SMILES string of the molecule is O=C(O)c1cn(-c2cccc(F)c2)nc1-c1ccncc1. The molecule has 0 bridgehead atoms. The van der Waals surface area contributed by atoms with E-state index in [-0.39, 0.29) is 5.56 Å². The summed E-state index contributed by atoms with van der Waals surface area (Å²) in [6, 6.07) is 9.14. The minimum atomic E-state index is -1.09. The number of carbonyl (C=O) groups is 1. The van der Waals surface area contributed by atoms with Crippen molar-refractivity contribution in [2.24, 2.45) is 0 Å². The standard InChI is InChI=1S/C15H10FN3O2/c16-11-2-1-3-12(8-11)19-9-13(15(20)21)14(18-19)10-4-6-17-7-5-10/h1-9H,(H,20,21). The van der Waals surface area contributed by atoms with Gasteiger partial charge in [0.25, 0.3) is 0 Å². The molecule has 2 heterocycles. The normalized spacial score (nSPS) is 10.5. The molecule has 3 aromatic rings. The lowest BCUT2D eigenvalue weighted by Gasteiger charge is -2.00. The van der Waals surface area contributed by atoms with Gasteiger partial charge in [0, 0.05) is 24.2 Å². The van der Waals surface area contributed by atoms with E-state index in [1.165, 1.54) is 23.0 Å². The second-order valence-electron chi connectivity index (χ2n) is 4.36. The Balaban J connectivity index is 2.15. The average molecular weight is 283 g/mol. The minimum absolute atomic E-state index is 0.0467. The Morgan fingerprint density at radius 2 is 1.95 bits per heavy atom. The summed E-state index contributed by atoms with van der Waals surface area (Å²) < 4.78 is 14.6. The van der Waals surface area contributed by atoms with Gasteiger partial charge >= 0.3 is 5.97 Å². The first-order chi connectivity index (χ1) is 10.1. The molecule has 3 rings (SSSR count). The molecule has 2 aromatic heterocycles. The molecule has 1 aromatic carbocycles. The van der Waals surface area contributed by atoms with Crippen molar-refractivity contribution in [2.75, 3.05) is 0 Å². The lowest BCUT2D eigenvalue weighted by molar-refractivity contribution is 0.0697. The van der Waals surface area contributed by atoms with Crippen molar-refractivity contribution in [2.45, 2.75) is 0 Å². The lowest BCUT2D eigenvalue weighted by Crippen LogP contribution is -1.96. The van der Waals surface area contributed by atoms with Gasteiger partial charge in [-0.15, -0.1) is 0 Å². The molecule has 0 aliphatic heterocycles. The summed E-state index contributed by atoms with van der Waals surface area (Å²) in [5, 5.41) is 13.6. The van der Waals surface area contributed by atoms with Gasteiger partial charge in [0.05, 0.1) is 5.69 Å². The number of carboxylic acid groups (broad SMARTS) is 1. The third-order valence-corrected chi connectivity index (χ3v) is 2.97. The van der Waals surface area contributed by atoms with E-state index in [9.17, 15) is 14.3 Å². The van der Waals surface area contributed by atoms with E-state index in [1.54, 1.807) is 36.7 Å². The third-order valence-electron chi connectivity index (χ3n) is 2.97. The zero-order valence-electron chi connectivity index (χ0n) is 10.8. The molecular weight excluding hydrogens is 273 g/mol. The van der Waals surface area contributed by atoms with Crippen LogP contribution in [0.3, 0.4) is 0 Å². The molecule has 0 aliphatic rings. The number of benzene rings is 1. The van der Waals surface area contributed by atoms with Gasteiger partial charge in [-0.3, -0.25) is 4.98 Å². The van der Waals surface area contributed by atoms with Gasteiger partial charge in [0.15, 0.2) is 0 Å². The van der Waals surface area contributed by atoms with Crippen molar-refractivity contribution >= 4 is 5.97 Å². The second kappa shape index (κ2) is 5.16. The van der Waals surface area contributed by atoms with Gasteiger partial charge in [-0.25, -0.2) is 13.9 Å². The molecule has 0 spiro atoms. The van der Waals surface area contributed by atoms with Crippen LogP contribution in [-0.2, 0) is 0 Å². The summed E-state index contributed by atoms with van der Waals surface area (Å²) in [6.45, 7) is 0. The molecule has 5 nitrogen and oxygen atoms in total. The van der Waals surface area contributed by atoms with Gasteiger partial charge in [-0.1, -0.05) is 6.07 Å². The van der Waals surface area contributed by atoms with Crippen LogP contribution in [0.4, 0.5) is 4.39 Å². The molecule has 0 atom stereocenters. The highest BCUT2D eigenvalue weighted by Gasteiger charge is 2.17. The first kappa shape index (κ1) is 13.0. The van der Waals surface area contributed by atoms with Crippen molar-refractivity contribution in [1.82, 2.24) is 14.8 Å². The van der Waals surface area contributed by atoms with Crippen LogP contribution >= 0.6 is 0 Å². The van der Waals surface area contributed by atoms with E-state index in [1.807, 2.05) is 0 Å². The highest BCUT2D eigenvalue weighted by molar-refractivity contribution is 5.94. The van der Waals surface area contributed by atoms with E-state index < -0.39 is 11.8 Å². The maximum Gasteiger partial charge on any atom is 0.339 e. The number of hydrogen-bond acceptors (Lipinski definition) is 3. The topological polar surface area (TPSA) is 68.0 Å². The smallest absolute Gasteiger partial charge is 0.339 e. The summed E-state index contributed by atoms with van der Waals surface area (Å²) in [5.41, 5.74) is 1.45. The molecule has 0 unspecified atom stereocenters. The van der Waals surface area contributed by atoms with Gasteiger partial charge in [0.1, 0.15) is 17.1 Å². The predicted octanol–water partition coefficient (Wildman–Crippen LogP) is 2.77. The molecule has 0 fully saturated rings. The lowest BCUT2D eigenvalue weighted by atomic mass is 10.1. The van der Waals surface area contributed by atoms with Gasteiger partial charge in [0.2, 0.25) is 0 Å². The van der Waals surface area contributed by atoms with Crippen molar-refractivity contribution in [3.05, 3.63) is 66.4 Å². The predicted molar refractivity (Wildman–Crippen MR) is 73.7 cm³/mol. The number of nitrogens with zero attached hydrogens (tertiary/aromatic N) is 3. The van der Waals surface area contributed by atoms with Crippen LogP contribution in [0, 0.1) is 5.82 Å². The van der Waals surface area contributed by atoms with E-state index >= 15 is 0 Å². The number of halogens is 1. The largest absolute Gasteiger partial charge is 0.478 e. The number of pyridine rings is 1. The first-order valence-electron chi connectivity index (χ1n) is 6.14.